The standard InChI is InChI=1S/C15H13N3O5/c1-23-14-7-10(5-6-13(14)19)9-16-17-15(20)11-3-2-4-12(8-11)18(21)22/h2-9,19H,1H3,(H,17,20). The highest BCUT2D eigenvalue weighted by atomic mass is 16.6. The molecule has 0 saturated carbocycles. The van der Waals surface area contributed by atoms with Gasteiger partial charge in [-0.15, -0.1) is 0 Å². The number of rotatable bonds is 5. The number of hydrogen-bond acceptors (Lipinski definition) is 6. The van der Waals surface area contributed by atoms with Crippen LogP contribution in [-0.2, 0) is 0 Å². The summed E-state index contributed by atoms with van der Waals surface area (Å²) in [5, 5.41) is 23.9. The highest BCUT2D eigenvalue weighted by molar-refractivity contribution is 5.95. The third-order valence-corrected chi connectivity index (χ3v) is 2.90. The van der Waals surface area contributed by atoms with Gasteiger partial charge in [0, 0.05) is 17.7 Å². The Bertz CT molecular complexity index is 773. The van der Waals surface area contributed by atoms with E-state index in [0.717, 1.165) is 6.07 Å². The molecule has 0 fully saturated rings. The Morgan fingerprint density at radius 2 is 2.13 bits per heavy atom. The lowest BCUT2D eigenvalue weighted by Gasteiger charge is -2.03. The second-order valence-corrected chi connectivity index (χ2v) is 4.44. The van der Waals surface area contributed by atoms with E-state index in [9.17, 15) is 20.0 Å². The molecule has 2 aromatic carbocycles. The largest absolute Gasteiger partial charge is 0.504 e. The van der Waals surface area contributed by atoms with Crippen molar-refractivity contribution in [3.63, 3.8) is 0 Å². The van der Waals surface area contributed by atoms with Crippen LogP contribution in [0.25, 0.3) is 0 Å². The van der Waals surface area contributed by atoms with Gasteiger partial charge in [0.2, 0.25) is 0 Å². The number of ether oxygens (including phenoxy) is 1. The van der Waals surface area contributed by atoms with Crippen LogP contribution in [0.1, 0.15) is 15.9 Å². The minimum absolute atomic E-state index is 0.00900. The fourth-order valence-electron chi connectivity index (χ4n) is 1.77. The first-order chi connectivity index (χ1) is 11.0. The number of amides is 1. The molecule has 2 aromatic rings. The molecule has 23 heavy (non-hydrogen) atoms. The molecule has 0 spiro atoms. The van der Waals surface area contributed by atoms with Crippen LogP contribution in [0.2, 0.25) is 0 Å². The molecule has 8 heteroatoms. The van der Waals surface area contributed by atoms with Gasteiger partial charge in [0.25, 0.3) is 11.6 Å². The molecule has 2 rings (SSSR count). The van der Waals surface area contributed by atoms with Gasteiger partial charge in [-0.1, -0.05) is 6.07 Å². The van der Waals surface area contributed by atoms with Crippen LogP contribution in [0.5, 0.6) is 11.5 Å². The summed E-state index contributed by atoms with van der Waals surface area (Å²) in [5.74, 6) is -0.306. The maximum Gasteiger partial charge on any atom is 0.271 e. The summed E-state index contributed by atoms with van der Waals surface area (Å²) >= 11 is 0. The number of phenolic OH excluding ortho intramolecular Hbond substituents is 1. The van der Waals surface area contributed by atoms with E-state index in [1.165, 1.54) is 37.6 Å². The number of non-ortho nitro benzene ring substituents is 1. The highest BCUT2D eigenvalue weighted by Crippen LogP contribution is 2.25. The Balaban J connectivity index is 2.06. The smallest absolute Gasteiger partial charge is 0.271 e. The van der Waals surface area contributed by atoms with Crippen molar-refractivity contribution in [2.75, 3.05) is 7.11 Å². The van der Waals surface area contributed by atoms with E-state index in [4.69, 9.17) is 4.74 Å². The number of methoxy groups -OCH3 is 1. The van der Waals surface area contributed by atoms with Crippen molar-refractivity contribution < 1.29 is 19.6 Å². The van der Waals surface area contributed by atoms with Crippen LogP contribution in [0.4, 0.5) is 5.69 Å². The minimum Gasteiger partial charge on any atom is -0.504 e. The second kappa shape index (κ2) is 7.03. The lowest BCUT2D eigenvalue weighted by atomic mass is 10.2. The van der Waals surface area contributed by atoms with Gasteiger partial charge in [-0.05, 0) is 29.8 Å². The summed E-state index contributed by atoms with van der Waals surface area (Å²) in [4.78, 5) is 22.0. The van der Waals surface area contributed by atoms with E-state index in [1.807, 2.05) is 0 Å². The molecule has 118 valence electrons. The van der Waals surface area contributed by atoms with Crippen molar-refractivity contribution >= 4 is 17.8 Å². The monoisotopic (exact) mass is 315 g/mol. The first kappa shape index (κ1) is 16.0. The number of aromatic hydroxyl groups is 1. The van der Waals surface area contributed by atoms with Gasteiger partial charge in [0.05, 0.1) is 18.2 Å². The summed E-state index contributed by atoms with van der Waals surface area (Å²) in [7, 11) is 1.42. The quantitative estimate of drug-likeness (QED) is 0.498. The van der Waals surface area contributed by atoms with Crippen LogP contribution in [0.3, 0.4) is 0 Å². The molecule has 8 nitrogen and oxygen atoms in total. The number of carbonyl (C=O) groups is 1. The summed E-state index contributed by atoms with van der Waals surface area (Å²) in [6.45, 7) is 0. The summed E-state index contributed by atoms with van der Waals surface area (Å²) in [6, 6.07) is 9.88. The third kappa shape index (κ3) is 4.03. The van der Waals surface area contributed by atoms with Crippen LogP contribution in [-0.4, -0.2) is 29.3 Å². The van der Waals surface area contributed by atoms with Gasteiger partial charge in [-0.25, -0.2) is 5.43 Å². The van der Waals surface area contributed by atoms with Crippen LogP contribution >= 0.6 is 0 Å². The van der Waals surface area contributed by atoms with Gasteiger partial charge in [-0.2, -0.15) is 5.10 Å². The lowest BCUT2D eigenvalue weighted by molar-refractivity contribution is -0.384. The topological polar surface area (TPSA) is 114 Å². The second-order valence-electron chi connectivity index (χ2n) is 4.44. The van der Waals surface area contributed by atoms with Crippen molar-refractivity contribution in [1.29, 1.82) is 0 Å². The van der Waals surface area contributed by atoms with Gasteiger partial charge in [0.15, 0.2) is 11.5 Å². The number of nitro benzene ring substituents is 1. The Morgan fingerprint density at radius 1 is 1.35 bits per heavy atom. The van der Waals surface area contributed by atoms with Gasteiger partial charge >= 0.3 is 0 Å². The van der Waals surface area contributed by atoms with Crippen LogP contribution in [0, 0.1) is 10.1 Å². The zero-order chi connectivity index (χ0) is 16.8. The SMILES string of the molecule is COc1cc(C=NNC(=O)c2cccc([N+](=O)[O-])c2)ccc1O. The molecule has 0 aliphatic heterocycles. The van der Waals surface area contributed by atoms with Crippen molar-refractivity contribution in [3.05, 3.63) is 63.7 Å². The number of nitrogens with one attached hydrogen (secondary N) is 1. The molecule has 0 aliphatic carbocycles. The highest BCUT2D eigenvalue weighted by Gasteiger charge is 2.10. The number of nitro groups is 1. The molecular formula is C15H13N3O5. The Hall–Kier alpha value is -3.42. The van der Waals surface area contributed by atoms with E-state index in [2.05, 4.69) is 10.5 Å². The fourth-order valence-corrected chi connectivity index (χ4v) is 1.77. The van der Waals surface area contributed by atoms with Crippen molar-refractivity contribution in [2.24, 2.45) is 5.10 Å². The fraction of sp³-hybridized carbons (Fsp3) is 0.0667. The molecule has 0 aliphatic rings. The zero-order valence-corrected chi connectivity index (χ0v) is 12.1. The Labute approximate surface area is 131 Å². The van der Waals surface area contributed by atoms with Crippen molar-refractivity contribution in [2.45, 2.75) is 0 Å². The van der Waals surface area contributed by atoms with E-state index in [1.54, 1.807) is 12.1 Å². The molecule has 2 N–H and O–H groups in total. The molecular weight excluding hydrogens is 302 g/mol. The normalized spacial score (nSPS) is 10.5. The minimum atomic E-state index is -0.581. The van der Waals surface area contributed by atoms with E-state index >= 15 is 0 Å². The van der Waals surface area contributed by atoms with E-state index in [0.29, 0.717) is 5.56 Å². The number of benzene rings is 2. The Kier molecular flexibility index (Phi) is 4.88. The van der Waals surface area contributed by atoms with Crippen molar-refractivity contribution in [1.82, 2.24) is 5.43 Å². The maximum absolute atomic E-state index is 11.9. The van der Waals surface area contributed by atoms with Gasteiger partial charge in [0.1, 0.15) is 0 Å². The number of hydrogen-bond donors (Lipinski definition) is 2. The first-order valence-electron chi connectivity index (χ1n) is 6.46. The first-order valence-corrected chi connectivity index (χ1v) is 6.46. The molecule has 0 unspecified atom stereocenters. The van der Waals surface area contributed by atoms with Gasteiger partial charge in [-0.3, -0.25) is 14.9 Å². The van der Waals surface area contributed by atoms with E-state index < -0.39 is 10.8 Å². The Morgan fingerprint density at radius 3 is 2.83 bits per heavy atom. The average molecular weight is 315 g/mol. The van der Waals surface area contributed by atoms with Crippen LogP contribution in [0.15, 0.2) is 47.6 Å². The molecule has 0 heterocycles. The van der Waals surface area contributed by atoms with Gasteiger partial charge < -0.3 is 9.84 Å². The number of nitrogens with zero attached hydrogens (tertiary/aromatic N) is 2. The average Bonchev–Trinajstić information content (AvgIpc) is 2.56. The lowest BCUT2D eigenvalue weighted by Crippen LogP contribution is -2.17. The van der Waals surface area contributed by atoms with E-state index in [-0.39, 0.29) is 22.7 Å². The molecule has 0 aromatic heterocycles. The third-order valence-electron chi connectivity index (χ3n) is 2.90. The van der Waals surface area contributed by atoms with Crippen LogP contribution < -0.4 is 10.2 Å². The predicted molar refractivity (Wildman–Crippen MR) is 82.8 cm³/mol. The predicted octanol–water partition coefficient (Wildman–Crippen LogP) is 2.07. The summed E-state index contributed by atoms with van der Waals surface area (Å²) in [6.07, 6.45) is 1.36. The number of phenols is 1. The molecule has 0 bridgehead atoms. The number of carbonyl (C=O) groups excluding carboxylic acids is 1. The molecule has 1 amide bonds. The zero-order valence-electron chi connectivity index (χ0n) is 12.1. The summed E-state index contributed by atoms with van der Waals surface area (Å²) in [5.41, 5.74) is 2.82. The molecule has 0 saturated heterocycles. The molecule has 0 radical (unpaired) electrons. The molecule has 0 atom stereocenters. The maximum atomic E-state index is 11.9. The summed E-state index contributed by atoms with van der Waals surface area (Å²) < 4.78 is 4.96. The number of hydrazone groups is 1. The van der Waals surface area contributed by atoms with Crippen molar-refractivity contribution in [3.8, 4) is 11.5 Å².